The summed E-state index contributed by atoms with van der Waals surface area (Å²) in [5.74, 6) is -2.11. The fourth-order valence-corrected chi connectivity index (χ4v) is 3.39. The average molecular weight is 393 g/mol. The zero-order chi connectivity index (χ0) is 20.2. The van der Waals surface area contributed by atoms with Crippen LogP contribution in [-0.4, -0.2) is 53.2 Å². The van der Waals surface area contributed by atoms with Crippen LogP contribution in [0.2, 0.25) is 0 Å². The number of ether oxygens (including phenoxy) is 1. The van der Waals surface area contributed by atoms with Crippen LogP contribution < -0.4 is 5.73 Å². The predicted octanol–water partition coefficient (Wildman–Crippen LogP) is 0.214. The molecule has 3 aromatic rings. The highest BCUT2D eigenvalue weighted by atomic mass is 19.2. The van der Waals surface area contributed by atoms with Crippen LogP contribution >= 0.6 is 0 Å². The molecule has 1 saturated heterocycles. The summed E-state index contributed by atoms with van der Waals surface area (Å²) >= 11 is 0. The second kappa shape index (κ2) is 6.41. The van der Waals surface area contributed by atoms with E-state index in [0.717, 1.165) is 12.1 Å². The lowest BCUT2D eigenvalue weighted by Gasteiger charge is -2.32. The maximum atomic E-state index is 13.6. The molecule has 28 heavy (non-hydrogen) atoms. The third kappa shape index (κ3) is 2.71. The number of aromatic nitrogens is 4. The molecule has 0 radical (unpaired) electrons. The van der Waals surface area contributed by atoms with E-state index < -0.39 is 41.8 Å². The van der Waals surface area contributed by atoms with E-state index in [1.807, 2.05) is 0 Å². The van der Waals surface area contributed by atoms with Crippen LogP contribution in [0.15, 0.2) is 30.9 Å². The Bertz CT molecular complexity index is 1040. The van der Waals surface area contributed by atoms with E-state index >= 15 is 0 Å². The molecular weight excluding hydrogens is 376 g/mol. The summed E-state index contributed by atoms with van der Waals surface area (Å²) in [6.07, 6.45) is -2.99. The maximum Gasteiger partial charge on any atom is 0.167 e. The molecule has 1 aromatic carbocycles. The Morgan fingerprint density at radius 2 is 1.89 bits per heavy atom. The molecule has 11 heteroatoms. The number of rotatable bonds is 3. The molecule has 1 unspecified atom stereocenters. The van der Waals surface area contributed by atoms with Crippen LogP contribution in [-0.2, 0) is 10.3 Å². The van der Waals surface area contributed by atoms with E-state index in [4.69, 9.17) is 10.5 Å². The predicted molar refractivity (Wildman–Crippen MR) is 91.6 cm³/mol. The van der Waals surface area contributed by atoms with Crippen LogP contribution in [0.4, 0.5) is 14.6 Å². The van der Waals surface area contributed by atoms with Crippen LogP contribution in [0.25, 0.3) is 11.2 Å². The number of benzene rings is 1. The summed E-state index contributed by atoms with van der Waals surface area (Å²) in [4.78, 5) is 12.0. The molecule has 1 aliphatic rings. The second-order valence-corrected chi connectivity index (χ2v) is 6.79. The van der Waals surface area contributed by atoms with Crippen LogP contribution in [0, 0.1) is 11.6 Å². The summed E-state index contributed by atoms with van der Waals surface area (Å²) in [5, 5.41) is 31.9. The largest absolute Gasteiger partial charge is 0.387 e. The minimum Gasteiger partial charge on any atom is -0.387 e. The zero-order valence-corrected chi connectivity index (χ0v) is 14.6. The number of halogens is 2. The molecular formula is C17H17F2N5O4. The summed E-state index contributed by atoms with van der Waals surface area (Å²) in [6, 6.07) is 2.85. The van der Waals surface area contributed by atoms with Crippen LogP contribution in [0.1, 0.15) is 18.7 Å². The lowest BCUT2D eigenvalue weighted by molar-refractivity contribution is -0.136. The van der Waals surface area contributed by atoms with Gasteiger partial charge in [0.15, 0.2) is 29.3 Å². The van der Waals surface area contributed by atoms with Crippen molar-refractivity contribution in [3.63, 3.8) is 0 Å². The van der Waals surface area contributed by atoms with Gasteiger partial charge in [-0.25, -0.2) is 23.7 Å². The van der Waals surface area contributed by atoms with Crippen molar-refractivity contribution < 1.29 is 28.8 Å². The van der Waals surface area contributed by atoms with E-state index in [0.29, 0.717) is 0 Å². The quantitative estimate of drug-likeness (QED) is 0.495. The smallest absolute Gasteiger partial charge is 0.167 e. The highest BCUT2D eigenvalue weighted by Crippen LogP contribution is 2.40. The van der Waals surface area contributed by atoms with Gasteiger partial charge in [-0.05, 0) is 24.6 Å². The van der Waals surface area contributed by atoms with Gasteiger partial charge in [0.05, 0.1) is 6.33 Å². The molecule has 3 heterocycles. The first kappa shape index (κ1) is 18.6. The molecule has 0 aliphatic carbocycles. The van der Waals surface area contributed by atoms with E-state index in [1.165, 1.54) is 30.2 Å². The highest BCUT2D eigenvalue weighted by molar-refractivity contribution is 5.81. The number of nitrogens with two attached hydrogens (primary N) is 1. The second-order valence-electron chi connectivity index (χ2n) is 6.79. The van der Waals surface area contributed by atoms with Gasteiger partial charge in [0.25, 0.3) is 0 Å². The lowest BCUT2D eigenvalue weighted by atomic mass is 9.86. The van der Waals surface area contributed by atoms with Crippen molar-refractivity contribution in [2.45, 2.75) is 37.1 Å². The standard InChI is InChI=1S/C17H17F2N5O4/c1-17(27,7-2-3-8(18)9(19)4-7)13-11(25)12(26)16(28-13)24-6-23-10-14(20)21-5-22-15(10)24/h2-6,11-13,16,25-27H,1H3,(H2,20,21,22)/t11-,12+,13-,16+,17?/m0/s1. The highest BCUT2D eigenvalue weighted by Gasteiger charge is 2.52. The van der Waals surface area contributed by atoms with Gasteiger partial charge >= 0.3 is 0 Å². The molecule has 5 atom stereocenters. The van der Waals surface area contributed by atoms with Crippen molar-refractivity contribution in [2.75, 3.05) is 5.73 Å². The van der Waals surface area contributed by atoms with Crippen molar-refractivity contribution in [3.8, 4) is 0 Å². The normalized spacial score (nSPS) is 27.2. The van der Waals surface area contributed by atoms with Crippen LogP contribution in [0.3, 0.4) is 0 Å². The SMILES string of the molecule is CC(O)(c1ccc(F)c(F)c1)[C@H]1O[C@@H](n2cnc3c(N)ncnc32)[C@H](O)[C@@H]1O. The number of hydrogen-bond donors (Lipinski definition) is 4. The summed E-state index contributed by atoms with van der Waals surface area (Å²) < 4.78 is 33.9. The van der Waals surface area contributed by atoms with Crippen molar-refractivity contribution in [1.82, 2.24) is 19.5 Å². The molecule has 1 fully saturated rings. The number of aliphatic hydroxyl groups excluding tert-OH is 2. The van der Waals surface area contributed by atoms with Crippen LogP contribution in [0.5, 0.6) is 0 Å². The molecule has 0 amide bonds. The van der Waals surface area contributed by atoms with E-state index in [-0.39, 0.29) is 22.5 Å². The maximum absolute atomic E-state index is 13.6. The Kier molecular flexibility index (Phi) is 4.27. The summed E-state index contributed by atoms with van der Waals surface area (Å²) in [6.45, 7) is 1.27. The minimum atomic E-state index is -1.94. The Hall–Kier alpha value is -2.73. The van der Waals surface area contributed by atoms with E-state index in [1.54, 1.807) is 0 Å². The molecule has 0 spiro atoms. The number of anilines is 1. The van der Waals surface area contributed by atoms with Gasteiger partial charge in [0.1, 0.15) is 35.8 Å². The molecule has 2 aromatic heterocycles. The summed E-state index contributed by atoms with van der Waals surface area (Å²) in [5.41, 5.74) is 4.33. The lowest BCUT2D eigenvalue weighted by Crippen LogP contribution is -2.45. The molecule has 148 valence electrons. The topological polar surface area (TPSA) is 140 Å². The molecule has 9 nitrogen and oxygen atoms in total. The van der Waals surface area contributed by atoms with Gasteiger partial charge in [-0.3, -0.25) is 4.57 Å². The van der Waals surface area contributed by atoms with E-state index in [9.17, 15) is 24.1 Å². The number of fused-ring (bicyclic) bond motifs is 1. The third-order valence-corrected chi connectivity index (χ3v) is 4.96. The minimum absolute atomic E-state index is 0.0228. The number of nitrogen functional groups attached to an aromatic ring is 1. The average Bonchev–Trinajstić information content (AvgIpc) is 3.20. The number of imidazole rings is 1. The number of aliphatic hydroxyl groups is 3. The number of nitrogens with zero attached hydrogens (tertiary/aromatic N) is 4. The van der Waals surface area contributed by atoms with Gasteiger partial charge in [0.2, 0.25) is 0 Å². The Morgan fingerprint density at radius 1 is 1.14 bits per heavy atom. The fourth-order valence-electron chi connectivity index (χ4n) is 3.39. The van der Waals surface area contributed by atoms with Crippen molar-refractivity contribution in [1.29, 1.82) is 0 Å². The van der Waals surface area contributed by atoms with Crippen molar-refractivity contribution in [3.05, 3.63) is 48.1 Å². The Balaban J connectivity index is 1.71. The Morgan fingerprint density at radius 3 is 2.61 bits per heavy atom. The third-order valence-electron chi connectivity index (χ3n) is 4.96. The van der Waals surface area contributed by atoms with Gasteiger partial charge < -0.3 is 25.8 Å². The first-order valence-electron chi connectivity index (χ1n) is 8.34. The molecule has 5 N–H and O–H groups in total. The monoisotopic (exact) mass is 393 g/mol. The van der Waals surface area contributed by atoms with Gasteiger partial charge in [0, 0.05) is 0 Å². The van der Waals surface area contributed by atoms with Gasteiger partial charge in [-0.2, -0.15) is 0 Å². The van der Waals surface area contributed by atoms with Gasteiger partial charge in [-0.1, -0.05) is 6.07 Å². The van der Waals surface area contributed by atoms with E-state index in [2.05, 4.69) is 15.0 Å². The zero-order valence-electron chi connectivity index (χ0n) is 14.6. The Labute approximate surface area is 157 Å². The molecule has 1 aliphatic heterocycles. The summed E-state index contributed by atoms with van der Waals surface area (Å²) in [7, 11) is 0. The first-order chi connectivity index (χ1) is 13.2. The van der Waals surface area contributed by atoms with Crippen molar-refractivity contribution in [2.24, 2.45) is 0 Å². The first-order valence-corrected chi connectivity index (χ1v) is 8.34. The van der Waals surface area contributed by atoms with Crippen molar-refractivity contribution >= 4 is 17.0 Å². The number of hydrogen-bond acceptors (Lipinski definition) is 8. The molecule has 0 saturated carbocycles. The molecule has 0 bridgehead atoms. The fraction of sp³-hybridized carbons (Fsp3) is 0.353. The molecule has 4 rings (SSSR count). The van der Waals surface area contributed by atoms with Gasteiger partial charge in [-0.15, -0.1) is 0 Å².